The molecule has 2 aromatic rings. The molecule has 2 heterocycles. The summed E-state index contributed by atoms with van der Waals surface area (Å²) < 4.78 is 22.4. The Morgan fingerprint density at radius 3 is 1.57 bits per heavy atom. The molecule has 2 spiro atoms. The molecule has 0 bridgehead atoms. The van der Waals surface area contributed by atoms with Crippen molar-refractivity contribution in [3.05, 3.63) is 71.3 Å². The van der Waals surface area contributed by atoms with E-state index in [-0.39, 0.29) is 45.8 Å². The second-order valence-corrected chi connectivity index (χ2v) is 11.4. The fourth-order valence-corrected chi connectivity index (χ4v) is 5.96. The molecule has 0 aromatic heterocycles. The van der Waals surface area contributed by atoms with Crippen LogP contribution >= 0.6 is 0 Å². The topological polar surface area (TPSA) is 74.2 Å². The first kappa shape index (κ1) is 37.3. The maximum atomic E-state index is 10.9. The van der Waals surface area contributed by atoms with Crippen molar-refractivity contribution < 1.29 is 45.8 Å². The Bertz CT molecular complexity index is 1010. The first-order valence-corrected chi connectivity index (χ1v) is 15.2. The fraction of sp³-hybridized carbons (Fsp3) is 0.618. The van der Waals surface area contributed by atoms with Crippen LogP contribution in [0, 0.1) is 6.07 Å². The Morgan fingerprint density at radius 2 is 1.12 bits per heavy atom. The van der Waals surface area contributed by atoms with E-state index in [1.807, 2.05) is 12.1 Å². The quantitative estimate of drug-likeness (QED) is 0.395. The molecule has 2 aliphatic carbocycles. The van der Waals surface area contributed by atoms with Gasteiger partial charge in [-0.3, -0.25) is 4.79 Å². The minimum Gasteiger partial charge on any atom is -1.00 e. The van der Waals surface area contributed by atoms with Crippen LogP contribution in [0.1, 0.15) is 94.7 Å². The predicted molar refractivity (Wildman–Crippen MR) is 161 cm³/mol. The van der Waals surface area contributed by atoms with Crippen LogP contribution in [0.4, 0.5) is 0 Å². The van der Waals surface area contributed by atoms with Gasteiger partial charge in [-0.05, 0) is 30.4 Å². The Balaban J connectivity index is 0.000000238. The first-order chi connectivity index (χ1) is 19.4. The minimum absolute atomic E-state index is 0. The first-order valence-electron chi connectivity index (χ1n) is 15.2. The third-order valence-corrected chi connectivity index (χ3v) is 8.39. The van der Waals surface area contributed by atoms with E-state index >= 15 is 0 Å². The number of Topliss-reactive ketones (excluding diaryl/α,β-unsaturated/α-hetero) is 1. The summed E-state index contributed by atoms with van der Waals surface area (Å²) in [4.78, 5) is 10.9. The standard InChI is InChI=1S/C17H24O3.C9H11.C8H12O3.BrH.Mg/c1-2-3-14-4-6-15(7-5-14)16(18)8-10-17(11-9-16)19-12-13-20-17;1-2-6-9-7-4-3-5-8-9;9-7-1-3-8(4-2-7)10-5-6-11-8;;/h4-7,18H,2-3,8-13H2,1H3;4-5,7-8H,2,6H2,1H3;1-6H2;1H;/q;-1;;;+2/p-1. The Hall–Kier alpha value is -0.844. The van der Waals surface area contributed by atoms with Gasteiger partial charge in [-0.2, -0.15) is 35.9 Å². The maximum Gasteiger partial charge on any atom is 2.00 e. The molecule has 6 nitrogen and oxygen atoms in total. The average Bonchev–Trinajstić information content (AvgIpc) is 3.65. The molecule has 8 heteroatoms. The molecular formula is C34H47BrMgO6. The van der Waals surface area contributed by atoms with E-state index in [1.54, 1.807) is 0 Å². The van der Waals surface area contributed by atoms with Gasteiger partial charge in [0.2, 0.25) is 0 Å². The van der Waals surface area contributed by atoms with Crippen molar-refractivity contribution in [1.82, 2.24) is 0 Å². The van der Waals surface area contributed by atoms with Gasteiger partial charge in [0.25, 0.3) is 0 Å². The Morgan fingerprint density at radius 1 is 0.690 bits per heavy atom. The van der Waals surface area contributed by atoms with Crippen molar-refractivity contribution in [2.45, 2.75) is 108 Å². The van der Waals surface area contributed by atoms with Gasteiger partial charge in [-0.25, -0.2) is 0 Å². The van der Waals surface area contributed by atoms with Gasteiger partial charge in [0.1, 0.15) is 5.78 Å². The monoisotopic (exact) mass is 654 g/mol. The Kier molecular flexibility index (Phi) is 16.2. The molecule has 6 rings (SSSR count). The van der Waals surface area contributed by atoms with Crippen molar-refractivity contribution in [1.29, 1.82) is 0 Å². The largest absolute Gasteiger partial charge is 2.00 e. The summed E-state index contributed by atoms with van der Waals surface area (Å²) in [5.41, 5.74) is 3.07. The summed E-state index contributed by atoms with van der Waals surface area (Å²) in [6.45, 7) is 7.12. The van der Waals surface area contributed by atoms with Gasteiger partial charge in [-0.1, -0.05) is 57.4 Å². The SMILES string of the molecule is CCCc1cc[c-]cc1.CCCc1ccc(C2(O)CCC3(CC2)OCCO3)cc1.O=C1CCC2(CC1)OCCO2.[Br-].[Mg+2]. The Labute approximate surface area is 279 Å². The third kappa shape index (κ3) is 10.7. The molecule has 42 heavy (non-hydrogen) atoms. The number of halogens is 1. The molecule has 0 amide bonds. The number of hydrogen-bond acceptors (Lipinski definition) is 6. The molecule has 0 radical (unpaired) electrons. The average molecular weight is 656 g/mol. The number of aryl methyl sites for hydroxylation is 2. The summed E-state index contributed by atoms with van der Waals surface area (Å²) in [7, 11) is 0. The molecule has 2 saturated heterocycles. The smallest absolute Gasteiger partial charge is 1.00 e. The van der Waals surface area contributed by atoms with E-state index in [9.17, 15) is 9.90 Å². The van der Waals surface area contributed by atoms with E-state index < -0.39 is 11.4 Å². The molecule has 2 aromatic carbocycles. The molecule has 0 unspecified atom stereocenters. The fourth-order valence-electron chi connectivity index (χ4n) is 5.96. The number of hydrogen-bond donors (Lipinski definition) is 1. The number of carbonyl (C=O) groups excluding carboxylic acids is 1. The van der Waals surface area contributed by atoms with Crippen molar-refractivity contribution in [2.24, 2.45) is 0 Å². The zero-order valence-electron chi connectivity index (χ0n) is 25.5. The van der Waals surface area contributed by atoms with Crippen molar-refractivity contribution in [2.75, 3.05) is 26.4 Å². The number of carbonyl (C=O) groups is 1. The van der Waals surface area contributed by atoms with Gasteiger partial charge in [0, 0.05) is 38.5 Å². The number of aliphatic hydroxyl groups is 1. The second-order valence-electron chi connectivity index (χ2n) is 11.4. The van der Waals surface area contributed by atoms with Crippen LogP contribution in [-0.4, -0.2) is 71.9 Å². The second kappa shape index (κ2) is 18.2. The zero-order chi connectivity index (χ0) is 28.3. The molecule has 4 fully saturated rings. The van der Waals surface area contributed by atoms with Gasteiger partial charge in [0.15, 0.2) is 11.6 Å². The van der Waals surface area contributed by atoms with Crippen molar-refractivity contribution in [3.63, 3.8) is 0 Å². The van der Waals surface area contributed by atoms with Gasteiger partial charge in [0.05, 0.1) is 32.0 Å². The summed E-state index contributed by atoms with van der Waals surface area (Å²) in [5.74, 6) is -0.433. The van der Waals surface area contributed by atoms with Gasteiger partial charge >= 0.3 is 23.1 Å². The third-order valence-electron chi connectivity index (χ3n) is 8.39. The maximum absolute atomic E-state index is 10.9. The van der Waals surface area contributed by atoms with Gasteiger partial charge < -0.3 is 41.0 Å². The van der Waals surface area contributed by atoms with Crippen molar-refractivity contribution >= 4 is 28.8 Å². The minimum atomic E-state index is -0.717. The number of rotatable bonds is 5. The predicted octanol–water partition coefficient (Wildman–Crippen LogP) is 3.08. The van der Waals surface area contributed by atoms with Crippen LogP contribution in [-0.2, 0) is 42.2 Å². The van der Waals surface area contributed by atoms with Crippen LogP contribution in [0.15, 0.2) is 48.5 Å². The van der Waals surface area contributed by atoms with Crippen LogP contribution in [0.25, 0.3) is 0 Å². The number of ketones is 1. The van der Waals surface area contributed by atoms with E-state index in [2.05, 4.69) is 56.3 Å². The summed E-state index contributed by atoms with van der Waals surface area (Å²) in [6.07, 6.45) is 10.4. The zero-order valence-corrected chi connectivity index (χ0v) is 28.5. The number of benzene rings is 2. The molecule has 0 atom stereocenters. The van der Waals surface area contributed by atoms with E-state index in [0.717, 1.165) is 44.1 Å². The summed E-state index contributed by atoms with van der Waals surface area (Å²) >= 11 is 0. The van der Waals surface area contributed by atoms with E-state index in [4.69, 9.17) is 18.9 Å². The molecule has 1 N–H and O–H groups in total. The molecule has 4 aliphatic rings. The van der Waals surface area contributed by atoms with Crippen molar-refractivity contribution in [3.8, 4) is 0 Å². The summed E-state index contributed by atoms with van der Waals surface area (Å²) in [5, 5.41) is 10.9. The van der Waals surface area contributed by atoms with Gasteiger partial charge in [-0.15, -0.1) is 0 Å². The van der Waals surface area contributed by atoms with E-state index in [1.165, 1.54) is 24.0 Å². The number of ether oxygens (including phenoxy) is 4. The van der Waals surface area contributed by atoms with Crippen LogP contribution in [0.5, 0.6) is 0 Å². The molecule has 2 saturated carbocycles. The molecule has 2 aliphatic heterocycles. The molecular weight excluding hydrogens is 609 g/mol. The van der Waals surface area contributed by atoms with E-state index in [0.29, 0.717) is 57.9 Å². The normalized spacial score (nSPS) is 21.3. The summed E-state index contributed by atoms with van der Waals surface area (Å²) in [6, 6.07) is 19.6. The molecule has 228 valence electrons. The van der Waals surface area contributed by atoms with Crippen LogP contribution < -0.4 is 17.0 Å². The van der Waals surface area contributed by atoms with Crippen LogP contribution in [0.2, 0.25) is 0 Å². The van der Waals surface area contributed by atoms with Crippen LogP contribution in [0.3, 0.4) is 0 Å².